The molecule has 12 rings (SSSR count). The Balaban J connectivity index is 1.00. The number of hydrogen-bond acceptors (Lipinski definition) is 2. The zero-order valence-electron chi connectivity index (χ0n) is 30.9. The molecule has 264 valence electrons. The Kier molecular flexibility index (Phi) is 6.93. The molecule has 0 aliphatic heterocycles. The van der Waals surface area contributed by atoms with E-state index in [-0.39, 0.29) is 0 Å². The number of rotatable bonds is 4. The van der Waals surface area contributed by atoms with Gasteiger partial charge >= 0.3 is 0 Å². The summed E-state index contributed by atoms with van der Waals surface area (Å²) < 4.78 is 2.43. The van der Waals surface area contributed by atoms with Crippen LogP contribution < -0.4 is 0 Å². The highest BCUT2D eigenvalue weighted by molar-refractivity contribution is 6.23. The van der Waals surface area contributed by atoms with Crippen molar-refractivity contribution in [2.75, 3.05) is 0 Å². The number of para-hydroxylation sites is 2. The lowest BCUT2D eigenvalue weighted by Gasteiger charge is -2.16. The maximum atomic E-state index is 4.76. The Labute approximate surface area is 328 Å². The first-order chi connectivity index (χ1) is 28.3. The maximum Gasteiger partial charge on any atom is 0.0971 e. The maximum absolute atomic E-state index is 4.76. The van der Waals surface area contributed by atoms with Gasteiger partial charge in [-0.1, -0.05) is 158 Å². The fourth-order valence-corrected chi connectivity index (χ4v) is 9.38. The van der Waals surface area contributed by atoms with E-state index in [0.29, 0.717) is 0 Å². The molecule has 57 heavy (non-hydrogen) atoms. The van der Waals surface area contributed by atoms with Gasteiger partial charge in [0, 0.05) is 39.3 Å². The third-order valence-electron chi connectivity index (χ3n) is 11.9. The SMILES string of the molecule is c1cc(-c2ccc3c(c2)c2ccccc2c2nccnc32)cc(-c2cccc3c(-c4cccc5c(-n6c7ccccc7c7ccccc76)cccc45)cccc23)c1. The molecule has 0 fully saturated rings. The second-order valence-corrected chi connectivity index (χ2v) is 14.9. The number of fused-ring (bicyclic) bond motifs is 11. The highest BCUT2D eigenvalue weighted by atomic mass is 15.0. The summed E-state index contributed by atoms with van der Waals surface area (Å²) in [6.07, 6.45) is 3.57. The van der Waals surface area contributed by atoms with Crippen molar-refractivity contribution < 1.29 is 0 Å². The number of hydrogen-bond donors (Lipinski definition) is 0. The van der Waals surface area contributed by atoms with Gasteiger partial charge in [-0.3, -0.25) is 9.97 Å². The van der Waals surface area contributed by atoms with Crippen molar-refractivity contribution >= 4 is 75.9 Å². The molecule has 0 amide bonds. The quantitative estimate of drug-likeness (QED) is 0.169. The molecule has 3 heteroatoms. The first-order valence-electron chi connectivity index (χ1n) is 19.5. The minimum Gasteiger partial charge on any atom is -0.309 e. The lowest BCUT2D eigenvalue weighted by Crippen LogP contribution is -1.96. The van der Waals surface area contributed by atoms with E-state index in [0.717, 1.165) is 21.8 Å². The summed E-state index contributed by atoms with van der Waals surface area (Å²) in [7, 11) is 0. The largest absolute Gasteiger partial charge is 0.309 e. The van der Waals surface area contributed by atoms with E-state index in [2.05, 4.69) is 193 Å². The Morgan fingerprint density at radius 3 is 1.46 bits per heavy atom. The predicted molar refractivity (Wildman–Crippen MR) is 240 cm³/mol. The van der Waals surface area contributed by atoms with Gasteiger partial charge in [0.15, 0.2) is 0 Å². The summed E-state index contributed by atoms with van der Waals surface area (Å²) in [4.78, 5) is 9.49. The van der Waals surface area contributed by atoms with Crippen LogP contribution in [0.1, 0.15) is 0 Å². The molecule has 0 atom stereocenters. The van der Waals surface area contributed by atoms with Crippen LogP contribution in [0.15, 0.2) is 200 Å². The predicted octanol–water partition coefficient (Wildman–Crippen LogP) is 14.3. The molecule has 3 nitrogen and oxygen atoms in total. The molecule has 0 unspecified atom stereocenters. The zero-order valence-corrected chi connectivity index (χ0v) is 30.9. The van der Waals surface area contributed by atoms with Gasteiger partial charge in [-0.05, 0) is 90.6 Å². The summed E-state index contributed by atoms with van der Waals surface area (Å²) in [5.41, 5.74) is 12.7. The average molecular weight is 724 g/mol. The molecule has 12 aromatic rings. The summed E-state index contributed by atoms with van der Waals surface area (Å²) in [6, 6.07) is 68.7. The van der Waals surface area contributed by atoms with E-state index >= 15 is 0 Å². The molecule has 0 saturated carbocycles. The summed E-state index contributed by atoms with van der Waals surface area (Å²) in [5.74, 6) is 0. The molecule has 0 spiro atoms. The fraction of sp³-hybridized carbons (Fsp3) is 0. The Hall–Kier alpha value is -7.62. The Bertz CT molecular complexity index is 3510. The van der Waals surface area contributed by atoms with Crippen molar-refractivity contribution in [2.24, 2.45) is 0 Å². The van der Waals surface area contributed by atoms with E-state index in [1.54, 1.807) is 12.4 Å². The van der Waals surface area contributed by atoms with Gasteiger partial charge in [-0.2, -0.15) is 0 Å². The first kappa shape index (κ1) is 31.7. The van der Waals surface area contributed by atoms with Gasteiger partial charge in [-0.25, -0.2) is 0 Å². The molecular formula is C54H33N3. The third-order valence-corrected chi connectivity index (χ3v) is 11.9. The number of aromatic nitrogens is 3. The van der Waals surface area contributed by atoms with Gasteiger partial charge < -0.3 is 4.57 Å². The Morgan fingerprint density at radius 2 is 0.754 bits per heavy atom. The smallest absolute Gasteiger partial charge is 0.0971 e. The molecule has 0 aliphatic carbocycles. The van der Waals surface area contributed by atoms with Crippen molar-refractivity contribution in [2.45, 2.75) is 0 Å². The lowest BCUT2D eigenvalue weighted by atomic mass is 9.89. The minimum absolute atomic E-state index is 0.937. The highest BCUT2D eigenvalue weighted by Crippen LogP contribution is 2.42. The second kappa shape index (κ2) is 12.5. The molecule has 0 radical (unpaired) electrons. The standard InChI is InChI=1S/C54H33N3/c1-2-17-47-43(14-1)49-33-35(28-29-48(49)54-53(47)55-30-31-56-54)34-12-7-13-36(32-34)37-18-8-20-39-38(37)19-9-21-40(39)41-22-10-24-44-42(41)23-11-27-52(44)57-50-25-5-3-15-45(50)46-16-4-6-26-51(46)57/h1-33H. The number of nitrogens with zero attached hydrogens (tertiary/aromatic N) is 3. The van der Waals surface area contributed by atoms with Crippen LogP contribution in [0, 0.1) is 0 Å². The minimum atomic E-state index is 0.937. The summed E-state index contributed by atoms with van der Waals surface area (Å²) in [6.45, 7) is 0. The second-order valence-electron chi connectivity index (χ2n) is 14.9. The van der Waals surface area contributed by atoms with Crippen LogP contribution >= 0.6 is 0 Å². The van der Waals surface area contributed by atoms with Gasteiger partial charge in [0.1, 0.15) is 0 Å². The van der Waals surface area contributed by atoms with Crippen molar-refractivity contribution in [3.05, 3.63) is 200 Å². The average Bonchev–Trinajstić information content (AvgIpc) is 3.62. The first-order valence-corrected chi connectivity index (χ1v) is 19.5. The van der Waals surface area contributed by atoms with Crippen LogP contribution in [0.3, 0.4) is 0 Å². The van der Waals surface area contributed by atoms with E-state index in [9.17, 15) is 0 Å². The van der Waals surface area contributed by atoms with Gasteiger partial charge in [0.05, 0.1) is 27.8 Å². The highest BCUT2D eigenvalue weighted by Gasteiger charge is 2.17. The molecule has 0 bridgehead atoms. The lowest BCUT2D eigenvalue weighted by molar-refractivity contribution is 1.20. The topological polar surface area (TPSA) is 30.7 Å². The molecule has 2 heterocycles. The number of benzene rings is 10. The van der Waals surface area contributed by atoms with Crippen LogP contribution in [-0.2, 0) is 0 Å². The van der Waals surface area contributed by atoms with Crippen LogP contribution in [0.25, 0.3) is 115 Å². The fourth-order valence-electron chi connectivity index (χ4n) is 9.38. The van der Waals surface area contributed by atoms with E-state index in [4.69, 9.17) is 9.97 Å². The third kappa shape index (κ3) is 4.79. The van der Waals surface area contributed by atoms with Crippen molar-refractivity contribution in [3.8, 4) is 39.1 Å². The van der Waals surface area contributed by atoms with Crippen LogP contribution in [0.4, 0.5) is 0 Å². The molecule has 0 aliphatic rings. The summed E-state index contributed by atoms with van der Waals surface area (Å²) in [5, 5.41) is 12.1. The molecular weight excluding hydrogens is 691 g/mol. The van der Waals surface area contributed by atoms with Crippen molar-refractivity contribution in [1.29, 1.82) is 0 Å². The molecule has 0 N–H and O–H groups in total. The molecule has 10 aromatic carbocycles. The van der Waals surface area contributed by atoms with E-state index < -0.39 is 0 Å². The van der Waals surface area contributed by atoms with E-state index in [1.165, 1.54) is 93.2 Å². The van der Waals surface area contributed by atoms with Crippen LogP contribution in [0.2, 0.25) is 0 Å². The van der Waals surface area contributed by atoms with Gasteiger partial charge in [0.2, 0.25) is 0 Å². The van der Waals surface area contributed by atoms with Gasteiger partial charge in [0.25, 0.3) is 0 Å². The van der Waals surface area contributed by atoms with Gasteiger partial charge in [-0.15, -0.1) is 0 Å². The van der Waals surface area contributed by atoms with Crippen LogP contribution in [-0.4, -0.2) is 14.5 Å². The van der Waals surface area contributed by atoms with Crippen molar-refractivity contribution in [1.82, 2.24) is 14.5 Å². The van der Waals surface area contributed by atoms with Crippen molar-refractivity contribution in [3.63, 3.8) is 0 Å². The normalized spacial score (nSPS) is 11.9. The monoisotopic (exact) mass is 723 g/mol. The van der Waals surface area contributed by atoms with Crippen LogP contribution in [0.5, 0.6) is 0 Å². The summed E-state index contributed by atoms with van der Waals surface area (Å²) >= 11 is 0. The molecule has 0 saturated heterocycles. The molecule has 2 aromatic heterocycles. The Morgan fingerprint density at radius 1 is 0.281 bits per heavy atom. The van der Waals surface area contributed by atoms with E-state index in [1.807, 2.05) is 0 Å². The zero-order chi connectivity index (χ0) is 37.5.